The Morgan fingerprint density at radius 2 is 1.86 bits per heavy atom. The molecular formula is C10H17NO3. The second-order valence-electron chi connectivity index (χ2n) is 3.87. The van der Waals surface area contributed by atoms with E-state index in [-0.39, 0.29) is 18.4 Å². The van der Waals surface area contributed by atoms with Crippen molar-refractivity contribution in [3.05, 3.63) is 0 Å². The van der Waals surface area contributed by atoms with Crippen molar-refractivity contribution in [2.24, 2.45) is 0 Å². The third-order valence-electron chi connectivity index (χ3n) is 2.82. The van der Waals surface area contributed by atoms with Gasteiger partial charge in [0.25, 0.3) is 0 Å². The summed E-state index contributed by atoms with van der Waals surface area (Å²) in [4.78, 5) is 23.4. The summed E-state index contributed by atoms with van der Waals surface area (Å²) in [6.07, 6.45) is 5.18. The van der Waals surface area contributed by atoms with Gasteiger partial charge in [-0.2, -0.15) is 0 Å². The van der Waals surface area contributed by atoms with Crippen LogP contribution in [0.2, 0.25) is 0 Å². The average Bonchev–Trinajstić information content (AvgIpc) is 2.17. The number of hydrogen-bond donors (Lipinski definition) is 1. The van der Waals surface area contributed by atoms with Gasteiger partial charge < -0.3 is 10.0 Å². The zero-order chi connectivity index (χ0) is 10.6. The molecule has 4 heteroatoms. The SMILES string of the molecule is CN(C(=O)CC(=O)O)C1CCCCC1. The van der Waals surface area contributed by atoms with Crippen molar-refractivity contribution in [3.8, 4) is 0 Å². The Morgan fingerprint density at radius 3 is 2.36 bits per heavy atom. The summed E-state index contributed by atoms with van der Waals surface area (Å²) in [5.41, 5.74) is 0. The number of hydrogen-bond acceptors (Lipinski definition) is 2. The Hall–Kier alpha value is -1.06. The van der Waals surface area contributed by atoms with Gasteiger partial charge in [-0.1, -0.05) is 19.3 Å². The summed E-state index contributed by atoms with van der Waals surface area (Å²) < 4.78 is 0. The highest BCUT2D eigenvalue weighted by Gasteiger charge is 2.22. The molecule has 4 nitrogen and oxygen atoms in total. The second-order valence-corrected chi connectivity index (χ2v) is 3.87. The molecule has 0 atom stereocenters. The van der Waals surface area contributed by atoms with Crippen molar-refractivity contribution >= 4 is 11.9 Å². The van der Waals surface area contributed by atoms with Crippen LogP contribution in [0.4, 0.5) is 0 Å². The van der Waals surface area contributed by atoms with E-state index in [1.54, 1.807) is 11.9 Å². The van der Waals surface area contributed by atoms with Crippen molar-refractivity contribution in [2.75, 3.05) is 7.05 Å². The monoisotopic (exact) mass is 199 g/mol. The lowest BCUT2D eigenvalue weighted by Crippen LogP contribution is -2.39. The van der Waals surface area contributed by atoms with E-state index in [1.165, 1.54) is 6.42 Å². The van der Waals surface area contributed by atoms with Crippen molar-refractivity contribution < 1.29 is 14.7 Å². The highest BCUT2D eigenvalue weighted by atomic mass is 16.4. The van der Waals surface area contributed by atoms with Gasteiger partial charge in [0.1, 0.15) is 6.42 Å². The molecule has 80 valence electrons. The van der Waals surface area contributed by atoms with E-state index in [4.69, 9.17) is 5.11 Å². The first kappa shape index (κ1) is 11.0. The molecule has 0 aromatic carbocycles. The van der Waals surface area contributed by atoms with Crippen molar-refractivity contribution in [2.45, 2.75) is 44.6 Å². The topological polar surface area (TPSA) is 57.6 Å². The number of carboxylic acid groups (broad SMARTS) is 1. The van der Waals surface area contributed by atoms with Crippen LogP contribution in [0.5, 0.6) is 0 Å². The molecule has 0 spiro atoms. The Bertz CT molecular complexity index is 221. The quantitative estimate of drug-likeness (QED) is 0.696. The van der Waals surface area contributed by atoms with Gasteiger partial charge in [0.2, 0.25) is 5.91 Å². The molecule has 14 heavy (non-hydrogen) atoms. The van der Waals surface area contributed by atoms with Crippen LogP contribution in [0.25, 0.3) is 0 Å². The summed E-state index contributed by atoms with van der Waals surface area (Å²) in [6, 6.07) is 0.260. The maximum absolute atomic E-state index is 11.4. The number of nitrogens with zero attached hydrogens (tertiary/aromatic N) is 1. The van der Waals surface area contributed by atoms with Crippen LogP contribution in [-0.4, -0.2) is 35.0 Å². The molecule has 0 unspecified atom stereocenters. The van der Waals surface area contributed by atoms with E-state index >= 15 is 0 Å². The van der Waals surface area contributed by atoms with Crippen LogP contribution < -0.4 is 0 Å². The van der Waals surface area contributed by atoms with Crippen molar-refractivity contribution in [1.29, 1.82) is 0 Å². The smallest absolute Gasteiger partial charge is 0.312 e. The van der Waals surface area contributed by atoms with Gasteiger partial charge in [0.15, 0.2) is 0 Å². The summed E-state index contributed by atoms with van der Waals surface area (Å²) in [6.45, 7) is 0. The second kappa shape index (κ2) is 4.98. The summed E-state index contributed by atoms with van der Waals surface area (Å²) in [5, 5.41) is 8.48. The number of carbonyl (C=O) groups is 2. The van der Waals surface area contributed by atoms with E-state index in [2.05, 4.69) is 0 Å². The first-order valence-electron chi connectivity index (χ1n) is 5.08. The Labute approximate surface area is 83.9 Å². The molecule has 1 saturated carbocycles. The highest BCUT2D eigenvalue weighted by Crippen LogP contribution is 2.21. The molecule has 0 radical (unpaired) electrons. The van der Waals surface area contributed by atoms with E-state index in [9.17, 15) is 9.59 Å². The normalized spacial score (nSPS) is 17.8. The summed E-state index contributed by atoms with van der Waals surface area (Å²) in [5.74, 6) is -1.32. The molecule has 0 bridgehead atoms. The van der Waals surface area contributed by atoms with Gasteiger partial charge in [0.05, 0.1) is 0 Å². The molecule has 0 saturated heterocycles. The maximum Gasteiger partial charge on any atom is 0.312 e. The lowest BCUT2D eigenvalue weighted by atomic mass is 9.94. The van der Waals surface area contributed by atoms with Crippen LogP contribution in [0.1, 0.15) is 38.5 Å². The van der Waals surface area contributed by atoms with Gasteiger partial charge in [-0.25, -0.2) is 0 Å². The number of rotatable bonds is 3. The summed E-state index contributed by atoms with van der Waals surface area (Å²) in [7, 11) is 1.71. The molecule has 0 aliphatic heterocycles. The largest absolute Gasteiger partial charge is 0.481 e. The van der Waals surface area contributed by atoms with E-state index < -0.39 is 5.97 Å². The minimum atomic E-state index is -1.04. The van der Waals surface area contributed by atoms with Crippen LogP contribution in [0.15, 0.2) is 0 Å². The predicted octanol–water partition coefficient (Wildman–Crippen LogP) is 1.25. The lowest BCUT2D eigenvalue weighted by molar-refractivity contribution is -0.144. The molecular weight excluding hydrogens is 182 g/mol. The van der Waals surface area contributed by atoms with Crippen molar-refractivity contribution in [3.63, 3.8) is 0 Å². The Morgan fingerprint density at radius 1 is 1.29 bits per heavy atom. The van der Waals surface area contributed by atoms with Gasteiger partial charge >= 0.3 is 5.97 Å². The molecule has 1 amide bonds. The Balaban J connectivity index is 2.41. The van der Waals surface area contributed by atoms with E-state index in [1.807, 2.05) is 0 Å². The van der Waals surface area contributed by atoms with Gasteiger partial charge in [-0.05, 0) is 12.8 Å². The number of carbonyl (C=O) groups excluding carboxylic acids is 1. The van der Waals surface area contributed by atoms with Crippen LogP contribution in [0, 0.1) is 0 Å². The van der Waals surface area contributed by atoms with Gasteiger partial charge in [-0.15, -0.1) is 0 Å². The molecule has 0 heterocycles. The third kappa shape index (κ3) is 3.01. The van der Waals surface area contributed by atoms with Crippen LogP contribution in [-0.2, 0) is 9.59 Å². The Kier molecular flexibility index (Phi) is 3.92. The lowest BCUT2D eigenvalue weighted by Gasteiger charge is -2.30. The molecule has 1 fully saturated rings. The molecule has 1 N–H and O–H groups in total. The zero-order valence-corrected chi connectivity index (χ0v) is 8.53. The summed E-state index contributed by atoms with van der Waals surface area (Å²) >= 11 is 0. The van der Waals surface area contributed by atoms with E-state index in [0.717, 1.165) is 25.7 Å². The zero-order valence-electron chi connectivity index (χ0n) is 8.53. The molecule has 0 aromatic rings. The maximum atomic E-state index is 11.4. The molecule has 1 aliphatic rings. The van der Waals surface area contributed by atoms with Crippen LogP contribution >= 0.6 is 0 Å². The molecule has 1 rings (SSSR count). The van der Waals surface area contributed by atoms with E-state index in [0.29, 0.717) is 0 Å². The molecule has 0 aromatic heterocycles. The highest BCUT2D eigenvalue weighted by molar-refractivity contribution is 5.93. The van der Waals surface area contributed by atoms with Gasteiger partial charge in [0, 0.05) is 13.1 Å². The predicted molar refractivity (Wildman–Crippen MR) is 51.9 cm³/mol. The first-order chi connectivity index (χ1) is 6.61. The number of amides is 1. The third-order valence-corrected chi connectivity index (χ3v) is 2.82. The number of carboxylic acids is 1. The van der Waals surface area contributed by atoms with Crippen LogP contribution in [0.3, 0.4) is 0 Å². The minimum Gasteiger partial charge on any atom is -0.481 e. The minimum absolute atomic E-state index is 0.260. The fourth-order valence-electron chi connectivity index (χ4n) is 1.93. The fourth-order valence-corrected chi connectivity index (χ4v) is 1.93. The average molecular weight is 199 g/mol. The van der Waals surface area contributed by atoms with Crippen molar-refractivity contribution in [1.82, 2.24) is 4.90 Å². The standard InChI is InChI=1S/C10H17NO3/c1-11(9(12)7-10(13)14)8-5-3-2-4-6-8/h8H,2-7H2,1H3,(H,13,14). The fraction of sp³-hybridized carbons (Fsp3) is 0.800. The molecule has 1 aliphatic carbocycles. The number of aliphatic carboxylic acids is 1. The van der Waals surface area contributed by atoms with Gasteiger partial charge in [-0.3, -0.25) is 9.59 Å². The first-order valence-corrected chi connectivity index (χ1v) is 5.08.